The Hall–Kier alpha value is -2.88. The van der Waals surface area contributed by atoms with Gasteiger partial charge in [0.1, 0.15) is 12.4 Å². The summed E-state index contributed by atoms with van der Waals surface area (Å²) in [6.45, 7) is 0.423. The quantitative estimate of drug-likeness (QED) is 0.783. The van der Waals surface area contributed by atoms with Gasteiger partial charge in [0.15, 0.2) is 0 Å². The molecule has 0 radical (unpaired) electrons. The molecule has 3 aromatic rings. The van der Waals surface area contributed by atoms with E-state index in [-0.39, 0.29) is 6.42 Å². The number of carbonyl (C=O) groups is 1. The van der Waals surface area contributed by atoms with Gasteiger partial charge in [0.2, 0.25) is 0 Å². The largest absolute Gasteiger partial charge is 0.489 e. The maximum absolute atomic E-state index is 10.7. The molecule has 0 bridgehead atoms. The zero-order chi connectivity index (χ0) is 15.4. The number of aliphatic carboxylic acids is 1. The Bertz CT molecular complexity index is 792. The second-order valence-corrected chi connectivity index (χ2v) is 5.00. The number of rotatable bonds is 5. The van der Waals surface area contributed by atoms with E-state index in [0.29, 0.717) is 12.4 Å². The first kappa shape index (κ1) is 14.1. The number of carboxylic acid groups (broad SMARTS) is 1. The van der Waals surface area contributed by atoms with Crippen molar-refractivity contribution in [1.82, 2.24) is 4.98 Å². The van der Waals surface area contributed by atoms with Crippen molar-refractivity contribution in [3.63, 3.8) is 0 Å². The van der Waals surface area contributed by atoms with E-state index in [1.165, 1.54) is 0 Å². The molecular formula is C18H15NO3. The third kappa shape index (κ3) is 3.23. The smallest absolute Gasteiger partial charge is 0.307 e. The molecule has 1 N–H and O–H groups in total. The minimum Gasteiger partial charge on any atom is -0.489 e. The number of aromatic nitrogens is 1. The van der Waals surface area contributed by atoms with Gasteiger partial charge >= 0.3 is 5.97 Å². The van der Waals surface area contributed by atoms with Crippen LogP contribution < -0.4 is 4.74 Å². The van der Waals surface area contributed by atoms with Crippen molar-refractivity contribution in [3.05, 3.63) is 71.9 Å². The predicted octanol–water partition coefficient (Wildman–Crippen LogP) is 3.44. The zero-order valence-corrected chi connectivity index (χ0v) is 11.9. The molecule has 0 fully saturated rings. The van der Waals surface area contributed by atoms with Gasteiger partial charge in [0.05, 0.1) is 11.9 Å². The maximum atomic E-state index is 10.7. The van der Waals surface area contributed by atoms with E-state index >= 15 is 0 Å². The fourth-order valence-electron chi connectivity index (χ4n) is 2.32. The molecule has 0 spiro atoms. The highest BCUT2D eigenvalue weighted by atomic mass is 16.5. The Labute approximate surface area is 128 Å². The average molecular weight is 293 g/mol. The van der Waals surface area contributed by atoms with E-state index in [2.05, 4.69) is 4.98 Å². The lowest BCUT2D eigenvalue weighted by atomic mass is 10.1. The van der Waals surface area contributed by atoms with Crippen LogP contribution in [-0.2, 0) is 17.8 Å². The molecule has 0 unspecified atom stereocenters. The third-order valence-corrected chi connectivity index (χ3v) is 3.39. The fourth-order valence-corrected chi connectivity index (χ4v) is 2.32. The van der Waals surface area contributed by atoms with E-state index in [1.54, 1.807) is 30.5 Å². The highest BCUT2D eigenvalue weighted by molar-refractivity contribution is 5.81. The summed E-state index contributed by atoms with van der Waals surface area (Å²) >= 11 is 0. The molecule has 4 nitrogen and oxygen atoms in total. The van der Waals surface area contributed by atoms with Gasteiger partial charge in [-0.3, -0.25) is 9.78 Å². The van der Waals surface area contributed by atoms with Gasteiger partial charge in [-0.15, -0.1) is 0 Å². The number of fused-ring (bicyclic) bond motifs is 1. The average Bonchev–Trinajstić information content (AvgIpc) is 2.54. The molecule has 0 aliphatic heterocycles. The monoisotopic (exact) mass is 293 g/mol. The molecule has 1 heterocycles. The number of ether oxygens (including phenoxy) is 1. The topological polar surface area (TPSA) is 59.4 Å². The minimum atomic E-state index is -0.838. The summed E-state index contributed by atoms with van der Waals surface area (Å²) in [6, 6.07) is 17.0. The Balaban J connectivity index is 1.72. The molecule has 0 saturated carbocycles. The lowest BCUT2D eigenvalue weighted by molar-refractivity contribution is -0.136. The van der Waals surface area contributed by atoms with Crippen LogP contribution in [-0.4, -0.2) is 16.1 Å². The van der Waals surface area contributed by atoms with Crippen LogP contribution in [0.3, 0.4) is 0 Å². The zero-order valence-electron chi connectivity index (χ0n) is 11.9. The number of pyridine rings is 1. The molecule has 3 rings (SSSR count). The van der Waals surface area contributed by atoms with Crippen LogP contribution in [0.2, 0.25) is 0 Å². The highest BCUT2D eigenvalue weighted by Crippen LogP contribution is 2.19. The number of benzene rings is 2. The Morgan fingerprint density at radius 2 is 1.82 bits per heavy atom. The molecule has 2 aromatic carbocycles. The van der Waals surface area contributed by atoms with E-state index in [9.17, 15) is 4.79 Å². The summed E-state index contributed by atoms with van der Waals surface area (Å²) in [7, 11) is 0. The molecule has 1 aromatic heterocycles. The van der Waals surface area contributed by atoms with Crippen molar-refractivity contribution < 1.29 is 14.6 Å². The summed E-state index contributed by atoms with van der Waals surface area (Å²) in [6.07, 6.45) is 1.79. The van der Waals surface area contributed by atoms with Gasteiger partial charge in [0.25, 0.3) is 0 Å². The lowest BCUT2D eigenvalue weighted by Crippen LogP contribution is -2.00. The molecule has 0 atom stereocenters. The van der Waals surface area contributed by atoms with Crippen molar-refractivity contribution in [1.29, 1.82) is 0 Å². The third-order valence-electron chi connectivity index (χ3n) is 3.39. The van der Waals surface area contributed by atoms with Crippen LogP contribution >= 0.6 is 0 Å². The van der Waals surface area contributed by atoms with Gasteiger partial charge in [-0.2, -0.15) is 0 Å². The molecule has 0 aliphatic rings. The standard InChI is InChI=1S/C18H15NO3/c20-17(21)11-13-6-8-16(9-7-13)22-12-15-4-1-3-14-5-2-10-19-18(14)15/h1-10H,11-12H2,(H,20,21). The highest BCUT2D eigenvalue weighted by Gasteiger charge is 2.04. The normalized spacial score (nSPS) is 10.5. The van der Waals surface area contributed by atoms with Crippen LogP contribution in [0.25, 0.3) is 10.9 Å². The molecule has 22 heavy (non-hydrogen) atoms. The van der Waals surface area contributed by atoms with Crippen molar-refractivity contribution in [2.24, 2.45) is 0 Å². The van der Waals surface area contributed by atoms with Crippen molar-refractivity contribution >= 4 is 16.9 Å². The van der Waals surface area contributed by atoms with Crippen LogP contribution in [0, 0.1) is 0 Å². The predicted molar refractivity (Wildman–Crippen MR) is 83.9 cm³/mol. The van der Waals surface area contributed by atoms with Gasteiger partial charge in [-0.25, -0.2) is 0 Å². The summed E-state index contributed by atoms with van der Waals surface area (Å²) in [5.74, 6) is -0.127. The molecular weight excluding hydrogens is 278 g/mol. The molecule has 4 heteroatoms. The molecule has 0 amide bonds. The summed E-state index contributed by atoms with van der Waals surface area (Å²) in [4.78, 5) is 15.0. The Morgan fingerprint density at radius 3 is 2.59 bits per heavy atom. The van der Waals surface area contributed by atoms with Crippen LogP contribution in [0.15, 0.2) is 60.8 Å². The summed E-state index contributed by atoms with van der Waals surface area (Å²) in [5, 5.41) is 9.83. The second-order valence-electron chi connectivity index (χ2n) is 5.00. The minimum absolute atomic E-state index is 0.0214. The first-order chi connectivity index (χ1) is 10.7. The van der Waals surface area contributed by atoms with Gasteiger partial charge in [0, 0.05) is 17.1 Å². The lowest BCUT2D eigenvalue weighted by Gasteiger charge is -2.09. The van der Waals surface area contributed by atoms with Crippen LogP contribution in [0.1, 0.15) is 11.1 Å². The van der Waals surface area contributed by atoms with Crippen molar-refractivity contribution in [3.8, 4) is 5.75 Å². The van der Waals surface area contributed by atoms with E-state index in [1.807, 2.05) is 30.3 Å². The number of hydrogen-bond donors (Lipinski definition) is 1. The first-order valence-electron chi connectivity index (χ1n) is 6.98. The first-order valence-corrected chi connectivity index (χ1v) is 6.98. The summed E-state index contributed by atoms with van der Waals surface area (Å²) in [5.41, 5.74) is 2.71. The number of carboxylic acids is 1. The number of nitrogens with zero attached hydrogens (tertiary/aromatic N) is 1. The van der Waals surface area contributed by atoms with Crippen molar-refractivity contribution in [2.45, 2.75) is 13.0 Å². The van der Waals surface area contributed by atoms with E-state index in [4.69, 9.17) is 9.84 Å². The van der Waals surface area contributed by atoms with E-state index in [0.717, 1.165) is 22.0 Å². The Morgan fingerprint density at radius 1 is 1.05 bits per heavy atom. The van der Waals surface area contributed by atoms with Gasteiger partial charge < -0.3 is 9.84 Å². The molecule has 0 saturated heterocycles. The number of hydrogen-bond acceptors (Lipinski definition) is 3. The second kappa shape index (κ2) is 6.26. The Kier molecular flexibility index (Phi) is 4.01. The van der Waals surface area contributed by atoms with Gasteiger partial charge in [-0.05, 0) is 23.8 Å². The van der Waals surface area contributed by atoms with E-state index < -0.39 is 5.97 Å². The molecule has 0 aliphatic carbocycles. The maximum Gasteiger partial charge on any atom is 0.307 e. The summed E-state index contributed by atoms with van der Waals surface area (Å²) < 4.78 is 5.77. The molecule has 110 valence electrons. The number of para-hydroxylation sites is 1. The SMILES string of the molecule is O=C(O)Cc1ccc(OCc2cccc3cccnc23)cc1. The van der Waals surface area contributed by atoms with Crippen LogP contribution in [0.4, 0.5) is 0 Å². The van der Waals surface area contributed by atoms with Crippen LogP contribution in [0.5, 0.6) is 5.75 Å². The van der Waals surface area contributed by atoms with Gasteiger partial charge in [-0.1, -0.05) is 36.4 Å². The van der Waals surface area contributed by atoms with Crippen molar-refractivity contribution in [2.75, 3.05) is 0 Å². The fraction of sp³-hybridized carbons (Fsp3) is 0.111.